The quantitative estimate of drug-likeness (QED) is 0.432. The van der Waals surface area contributed by atoms with Crippen LogP contribution in [0, 0.1) is 11.5 Å². The van der Waals surface area contributed by atoms with Crippen LogP contribution in [-0.2, 0) is 0 Å². The summed E-state index contributed by atoms with van der Waals surface area (Å²) < 4.78 is 0. The molecule has 0 N–H and O–H groups in total. The predicted molar refractivity (Wildman–Crippen MR) is 49.4 cm³/mol. The third kappa shape index (κ3) is 4.64. The maximum atomic E-state index is 3.37. The van der Waals surface area contributed by atoms with Crippen molar-refractivity contribution in [3.8, 4) is 11.5 Å². The van der Waals surface area contributed by atoms with Crippen molar-refractivity contribution in [3.05, 3.63) is 0 Å². The molecule has 0 aliphatic rings. The molecule has 0 unspecified atom stereocenters. The molecule has 0 rings (SSSR count). The lowest BCUT2D eigenvalue weighted by Gasteiger charge is -1.96. The van der Waals surface area contributed by atoms with Gasteiger partial charge in [0.2, 0.25) is 0 Å². The molecule has 0 aromatic rings. The van der Waals surface area contributed by atoms with E-state index in [2.05, 4.69) is 32.2 Å². The highest BCUT2D eigenvalue weighted by atomic mass is 28.3. The molecule has 10 heavy (non-hydrogen) atoms. The molecule has 0 saturated carbocycles. The highest BCUT2D eigenvalue weighted by molar-refractivity contribution is 6.67. The average Bonchev–Trinajstić information content (AvgIpc) is 1.99. The van der Waals surface area contributed by atoms with Crippen molar-refractivity contribution in [3.63, 3.8) is 0 Å². The maximum Gasteiger partial charge on any atom is 0.144 e. The standard InChI is InChI=1S/C9H17Si/c1-4-7-8-9-10(5-2)6-3/h4-7H2,1-3H3. The topological polar surface area (TPSA) is 0 Å². The van der Waals surface area contributed by atoms with E-state index in [-0.39, 0.29) is 8.80 Å². The van der Waals surface area contributed by atoms with Gasteiger partial charge in [-0.05, 0) is 6.42 Å². The molecule has 0 aliphatic carbocycles. The summed E-state index contributed by atoms with van der Waals surface area (Å²) in [5, 5.41) is 0. The molecule has 0 spiro atoms. The van der Waals surface area contributed by atoms with E-state index in [4.69, 9.17) is 0 Å². The predicted octanol–water partition coefficient (Wildman–Crippen LogP) is 2.86. The van der Waals surface area contributed by atoms with Gasteiger partial charge in [-0.15, -0.1) is 11.5 Å². The lowest BCUT2D eigenvalue weighted by molar-refractivity contribution is 0.984. The van der Waals surface area contributed by atoms with Gasteiger partial charge in [-0.2, -0.15) is 0 Å². The minimum absolute atomic E-state index is 0.257. The first-order valence-electron chi connectivity index (χ1n) is 4.18. The van der Waals surface area contributed by atoms with Crippen LogP contribution >= 0.6 is 0 Å². The molecular weight excluding hydrogens is 136 g/mol. The van der Waals surface area contributed by atoms with Crippen LogP contribution in [0.3, 0.4) is 0 Å². The third-order valence-electron chi connectivity index (χ3n) is 1.49. The second-order valence-electron chi connectivity index (χ2n) is 2.36. The summed E-state index contributed by atoms with van der Waals surface area (Å²) in [4.78, 5) is 0. The third-order valence-corrected chi connectivity index (χ3v) is 3.73. The minimum Gasteiger partial charge on any atom is -0.133 e. The molecule has 1 radical (unpaired) electrons. The van der Waals surface area contributed by atoms with E-state index in [1.165, 1.54) is 18.5 Å². The Morgan fingerprint density at radius 2 is 1.70 bits per heavy atom. The average molecular weight is 153 g/mol. The van der Waals surface area contributed by atoms with Crippen molar-refractivity contribution in [2.24, 2.45) is 0 Å². The van der Waals surface area contributed by atoms with Crippen LogP contribution in [0.4, 0.5) is 0 Å². The van der Waals surface area contributed by atoms with Crippen LogP contribution in [0.15, 0.2) is 0 Å². The number of unbranched alkanes of at least 4 members (excludes halogenated alkanes) is 1. The molecule has 57 valence electrons. The van der Waals surface area contributed by atoms with E-state index >= 15 is 0 Å². The fraction of sp³-hybridized carbons (Fsp3) is 0.778. The first kappa shape index (κ1) is 9.78. The van der Waals surface area contributed by atoms with Crippen molar-refractivity contribution < 1.29 is 0 Å². The molecule has 0 amide bonds. The molecule has 0 heterocycles. The molecule has 0 atom stereocenters. The second kappa shape index (κ2) is 6.89. The smallest absolute Gasteiger partial charge is 0.133 e. The van der Waals surface area contributed by atoms with E-state index < -0.39 is 0 Å². The summed E-state index contributed by atoms with van der Waals surface area (Å²) in [6, 6.07) is 2.61. The van der Waals surface area contributed by atoms with Crippen LogP contribution in [0.5, 0.6) is 0 Å². The van der Waals surface area contributed by atoms with Gasteiger partial charge in [-0.25, -0.2) is 0 Å². The Morgan fingerprint density at radius 1 is 1.10 bits per heavy atom. The van der Waals surface area contributed by atoms with Crippen LogP contribution in [0.2, 0.25) is 12.1 Å². The van der Waals surface area contributed by atoms with Gasteiger partial charge in [0.15, 0.2) is 0 Å². The molecule has 0 aromatic heterocycles. The largest absolute Gasteiger partial charge is 0.144 e. The Hall–Kier alpha value is -0.223. The van der Waals surface area contributed by atoms with Gasteiger partial charge in [-0.1, -0.05) is 32.9 Å². The first-order chi connectivity index (χ1) is 4.85. The number of rotatable bonds is 3. The Morgan fingerprint density at radius 3 is 2.10 bits per heavy atom. The lowest BCUT2D eigenvalue weighted by atomic mass is 10.4. The van der Waals surface area contributed by atoms with Crippen LogP contribution in [0.25, 0.3) is 0 Å². The Bertz CT molecular complexity index is 114. The molecule has 1 heteroatoms. The Labute approximate surface area is 66.6 Å². The zero-order valence-corrected chi connectivity index (χ0v) is 8.33. The second-order valence-corrected chi connectivity index (χ2v) is 5.23. The van der Waals surface area contributed by atoms with E-state index in [0.29, 0.717) is 0 Å². The zero-order valence-electron chi connectivity index (χ0n) is 7.33. The SMILES string of the molecule is CCCC#C[Si](CC)CC. The van der Waals surface area contributed by atoms with Crippen LogP contribution in [-0.4, -0.2) is 8.80 Å². The van der Waals surface area contributed by atoms with Crippen molar-refractivity contribution in [1.29, 1.82) is 0 Å². The summed E-state index contributed by atoms with van der Waals surface area (Å²) in [6.45, 7) is 6.68. The minimum atomic E-state index is -0.257. The van der Waals surface area contributed by atoms with Crippen molar-refractivity contribution >= 4 is 8.80 Å². The summed E-state index contributed by atoms with van der Waals surface area (Å²) in [6.07, 6.45) is 2.30. The number of hydrogen-bond acceptors (Lipinski definition) is 0. The fourth-order valence-corrected chi connectivity index (χ4v) is 1.97. The lowest BCUT2D eigenvalue weighted by Crippen LogP contribution is -2.04. The highest BCUT2D eigenvalue weighted by Gasteiger charge is 1.98. The highest BCUT2D eigenvalue weighted by Crippen LogP contribution is 1.95. The summed E-state index contributed by atoms with van der Waals surface area (Å²) in [5.74, 6) is 3.23. The van der Waals surface area contributed by atoms with Crippen molar-refractivity contribution in [1.82, 2.24) is 0 Å². The van der Waals surface area contributed by atoms with Gasteiger partial charge in [0, 0.05) is 6.42 Å². The molecule has 0 nitrogen and oxygen atoms in total. The molecular formula is C9H17Si. The normalized spacial score (nSPS) is 9.20. The van der Waals surface area contributed by atoms with Gasteiger partial charge in [-0.3, -0.25) is 0 Å². The van der Waals surface area contributed by atoms with Crippen molar-refractivity contribution in [2.75, 3.05) is 0 Å². The molecule has 0 fully saturated rings. The Kier molecular flexibility index (Phi) is 6.74. The van der Waals surface area contributed by atoms with Gasteiger partial charge >= 0.3 is 0 Å². The molecule has 0 aliphatic heterocycles. The molecule has 0 aromatic carbocycles. The van der Waals surface area contributed by atoms with E-state index in [1.807, 2.05) is 0 Å². The monoisotopic (exact) mass is 153 g/mol. The molecule has 0 bridgehead atoms. The summed E-state index contributed by atoms with van der Waals surface area (Å²) in [7, 11) is -0.257. The van der Waals surface area contributed by atoms with Gasteiger partial charge in [0.05, 0.1) is 0 Å². The van der Waals surface area contributed by atoms with E-state index in [9.17, 15) is 0 Å². The molecule has 0 saturated heterocycles. The Balaban J connectivity index is 3.52. The van der Waals surface area contributed by atoms with E-state index in [0.717, 1.165) is 6.42 Å². The van der Waals surface area contributed by atoms with Crippen LogP contribution in [0.1, 0.15) is 33.6 Å². The number of hydrogen-bond donors (Lipinski definition) is 0. The van der Waals surface area contributed by atoms with Crippen molar-refractivity contribution in [2.45, 2.75) is 45.7 Å². The van der Waals surface area contributed by atoms with Gasteiger partial charge in [0.1, 0.15) is 8.80 Å². The van der Waals surface area contributed by atoms with Gasteiger partial charge < -0.3 is 0 Å². The zero-order chi connectivity index (χ0) is 7.82. The van der Waals surface area contributed by atoms with Gasteiger partial charge in [0.25, 0.3) is 0 Å². The maximum absolute atomic E-state index is 3.37. The van der Waals surface area contributed by atoms with Crippen LogP contribution < -0.4 is 0 Å². The van der Waals surface area contributed by atoms with E-state index in [1.54, 1.807) is 0 Å². The first-order valence-corrected chi connectivity index (χ1v) is 6.10. The fourth-order valence-electron chi connectivity index (χ4n) is 0.739. The summed E-state index contributed by atoms with van der Waals surface area (Å²) in [5.41, 5.74) is 3.37. The summed E-state index contributed by atoms with van der Waals surface area (Å²) >= 11 is 0.